The third-order valence-electron chi connectivity index (χ3n) is 5.72. The number of nitrogens with one attached hydrogen (secondary N) is 1. The molecule has 1 aliphatic rings. The van der Waals surface area contributed by atoms with Crippen molar-refractivity contribution in [3.63, 3.8) is 0 Å². The molecule has 0 bridgehead atoms. The fraction of sp³-hybridized carbons (Fsp3) is 0.240. The Balaban J connectivity index is 1.30. The molecule has 1 saturated heterocycles. The average Bonchev–Trinajstić information content (AvgIpc) is 2.85. The molecule has 0 aromatic heterocycles. The highest BCUT2D eigenvalue weighted by Crippen LogP contribution is 2.30. The Hall–Kier alpha value is -3.33. The second-order valence-electron chi connectivity index (χ2n) is 8.08. The van der Waals surface area contributed by atoms with Crippen molar-refractivity contribution in [1.29, 1.82) is 0 Å². The highest BCUT2D eigenvalue weighted by molar-refractivity contribution is 6.33. The molecular formula is C25H24Cl2N4O4. The van der Waals surface area contributed by atoms with Gasteiger partial charge >= 0.3 is 5.69 Å². The van der Waals surface area contributed by atoms with Crippen LogP contribution in [0.25, 0.3) is 0 Å². The lowest BCUT2D eigenvalue weighted by molar-refractivity contribution is -0.385. The number of piperazine rings is 1. The predicted molar refractivity (Wildman–Crippen MR) is 138 cm³/mol. The molecule has 8 nitrogen and oxygen atoms in total. The number of carbonyl (C=O) groups excluding carboxylic acids is 1. The van der Waals surface area contributed by atoms with Crippen LogP contribution in [0.3, 0.4) is 0 Å². The van der Waals surface area contributed by atoms with Gasteiger partial charge in [-0.25, -0.2) is 0 Å². The summed E-state index contributed by atoms with van der Waals surface area (Å²) in [7, 11) is 0. The maximum absolute atomic E-state index is 12.3. The number of nitro benzene ring substituents is 1. The van der Waals surface area contributed by atoms with E-state index in [0.29, 0.717) is 10.7 Å². The minimum Gasteiger partial charge on any atom is -0.477 e. The average molecular weight is 515 g/mol. The Bertz CT molecular complexity index is 1220. The monoisotopic (exact) mass is 514 g/mol. The molecule has 1 heterocycles. The first kappa shape index (κ1) is 24.8. The van der Waals surface area contributed by atoms with E-state index >= 15 is 0 Å². The number of hydrogen-bond acceptors (Lipinski definition) is 6. The van der Waals surface area contributed by atoms with Crippen LogP contribution in [0.2, 0.25) is 10.0 Å². The molecule has 4 rings (SSSR count). The van der Waals surface area contributed by atoms with Crippen molar-refractivity contribution < 1.29 is 14.5 Å². The predicted octanol–water partition coefficient (Wildman–Crippen LogP) is 5.24. The number of hydrogen-bond donors (Lipinski definition) is 1. The molecule has 1 aliphatic heterocycles. The number of benzene rings is 3. The highest BCUT2D eigenvalue weighted by Gasteiger charge is 2.20. The van der Waals surface area contributed by atoms with Crippen molar-refractivity contribution in [3.8, 4) is 5.75 Å². The Morgan fingerprint density at radius 3 is 2.40 bits per heavy atom. The van der Waals surface area contributed by atoms with Gasteiger partial charge in [-0.15, -0.1) is 0 Å². The number of ether oxygens (including phenoxy) is 1. The minimum atomic E-state index is -0.553. The Morgan fingerprint density at radius 1 is 0.971 bits per heavy atom. The zero-order chi connectivity index (χ0) is 24.8. The molecule has 3 aromatic rings. The van der Waals surface area contributed by atoms with Gasteiger partial charge in [0.1, 0.15) is 0 Å². The van der Waals surface area contributed by atoms with E-state index in [4.69, 9.17) is 27.9 Å². The third kappa shape index (κ3) is 6.42. The Labute approximate surface area is 213 Å². The summed E-state index contributed by atoms with van der Waals surface area (Å²) in [5, 5.41) is 15.1. The minimum absolute atomic E-state index is 0.0368. The van der Waals surface area contributed by atoms with E-state index in [1.807, 2.05) is 30.3 Å². The molecule has 1 amide bonds. The van der Waals surface area contributed by atoms with Gasteiger partial charge in [0.2, 0.25) is 0 Å². The fourth-order valence-corrected chi connectivity index (χ4v) is 4.42. The molecule has 182 valence electrons. The van der Waals surface area contributed by atoms with Crippen LogP contribution < -0.4 is 15.0 Å². The second-order valence-corrected chi connectivity index (χ2v) is 8.90. The molecule has 0 saturated carbocycles. The van der Waals surface area contributed by atoms with Crippen molar-refractivity contribution in [2.75, 3.05) is 43.0 Å². The summed E-state index contributed by atoms with van der Waals surface area (Å²) >= 11 is 12.8. The quantitative estimate of drug-likeness (QED) is 0.326. The smallest absolute Gasteiger partial charge is 0.310 e. The summed E-state index contributed by atoms with van der Waals surface area (Å²) in [4.78, 5) is 27.4. The molecule has 1 fully saturated rings. The first-order valence-electron chi connectivity index (χ1n) is 11.1. The summed E-state index contributed by atoms with van der Waals surface area (Å²) in [6, 6.07) is 19.1. The first-order chi connectivity index (χ1) is 16.9. The first-order valence-corrected chi connectivity index (χ1v) is 11.8. The van der Waals surface area contributed by atoms with Crippen molar-refractivity contribution in [1.82, 2.24) is 4.90 Å². The van der Waals surface area contributed by atoms with E-state index < -0.39 is 10.8 Å². The maximum atomic E-state index is 12.3. The van der Waals surface area contributed by atoms with E-state index in [1.165, 1.54) is 18.2 Å². The molecule has 3 aromatic carbocycles. The van der Waals surface area contributed by atoms with Gasteiger partial charge in [-0.2, -0.15) is 0 Å². The lowest BCUT2D eigenvalue weighted by atomic mass is 10.2. The molecular weight excluding hydrogens is 491 g/mol. The van der Waals surface area contributed by atoms with Crippen LogP contribution in [0.1, 0.15) is 5.56 Å². The van der Waals surface area contributed by atoms with Gasteiger partial charge in [0.15, 0.2) is 12.4 Å². The van der Waals surface area contributed by atoms with E-state index in [1.54, 1.807) is 18.2 Å². The van der Waals surface area contributed by atoms with Crippen LogP contribution >= 0.6 is 23.2 Å². The zero-order valence-corrected chi connectivity index (χ0v) is 20.3. The van der Waals surface area contributed by atoms with Gasteiger partial charge in [-0.3, -0.25) is 19.8 Å². The molecule has 10 heteroatoms. The van der Waals surface area contributed by atoms with Crippen LogP contribution in [0.5, 0.6) is 5.75 Å². The number of nitro groups is 1. The Kier molecular flexibility index (Phi) is 8.07. The summed E-state index contributed by atoms with van der Waals surface area (Å²) < 4.78 is 5.33. The van der Waals surface area contributed by atoms with Gasteiger partial charge in [-0.1, -0.05) is 53.5 Å². The van der Waals surface area contributed by atoms with Crippen LogP contribution in [-0.2, 0) is 11.3 Å². The van der Waals surface area contributed by atoms with Crippen molar-refractivity contribution >= 4 is 46.2 Å². The fourth-order valence-electron chi connectivity index (χ4n) is 3.93. The molecule has 1 N–H and O–H groups in total. The number of nitrogens with zero attached hydrogens (tertiary/aromatic N) is 3. The zero-order valence-electron chi connectivity index (χ0n) is 18.8. The molecule has 0 aliphatic carbocycles. The highest BCUT2D eigenvalue weighted by atomic mass is 35.5. The molecule has 35 heavy (non-hydrogen) atoms. The maximum Gasteiger partial charge on any atom is 0.310 e. The number of carbonyl (C=O) groups is 1. The number of rotatable bonds is 8. The van der Waals surface area contributed by atoms with E-state index in [9.17, 15) is 14.9 Å². The molecule has 0 radical (unpaired) electrons. The van der Waals surface area contributed by atoms with E-state index in [0.717, 1.165) is 49.0 Å². The largest absolute Gasteiger partial charge is 0.477 e. The van der Waals surface area contributed by atoms with Crippen LogP contribution in [0.15, 0.2) is 66.7 Å². The summed E-state index contributed by atoms with van der Waals surface area (Å²) in [6.45, 7) is 3.84. The normalized spacial score (nSPS) is 13.9. The third-order valence-corrected chi connectivity index (χ3v) is 6.39. The second kappa shape index (κ2) is 11.4. The SMILES string of the molecule is O=C(COc1ccccc1[N+](=O)[O-])Nc1ccc(N2CCN(Cc3ccccc3Cl)CC2)c(Cl)c1. The number of anilines is 2. The molecule has 0 spiro atoms. The summed E-state index contributed by atoms with van der Waals surface area (Å²) in [5.41, 5.74) is 2.34. The number of amides is 1. The lowest BCUT2D eigenvalue weighted by Crippen LogP contribution is -2.46. The van der Waals surface area contributed by atoms with Crippen LogP contribution in [0.4, 0.5) is 17.1 Å². The van der Waals surface area contributed by atoms with E-state index in [2.05, 4.69) is 15.1 Å². The van der Waals surface area contributed by atoms with Gasteiger partial charge in [0, 0.05) is 49.5 Å². The lowest BCUT2D eigenvalue weighted by Gasteiger charge is -2.36. The van der Waals surface area contributed by atoms with Gasteiger partial charge in [0.05, 0.1) is 15.6 Å². The topological polar surface area (TPSA) is 87.9 Å². The van der Waals surface area contributed by atoms with Crippen LogP contribution in [0, 0.1) is 10.1 Å². The summed E-state index contributed by atoms with van der Waals surface area (Å²) in [6.07, 6.45) is 0. The van der Waals surface area contributed by atoms with Crippen molar-refractivity contribution in [3.05, 3.63) is 92.5 Å². The molecule has 0 atom stereocenters. The van der Waals surface area contributed by atoms with Crippen LogP contribution in [-0.4, -0.2) is 48.5 Å². The molecule has 0 unspecified atom stereocenters. The van der Waals surface area contributed by atoms with Gasteiger partial charge in [0.25, 0.3) is 5.91 Å². The number of halogens is 2. The van der Waals surface area contributed by atoms with Crippen molar-refractivity contribution in [2.24, 2.45) is 0 Å². The summed E-state index contributed by atoms with van der Waals surface area (Å²) in [5.74, 6) is -0.408. The number of para-hydroxylation sites is 2. The van der Waals surface area contributed by atoms with Crippen molar-refractivity contribution in [2.45, 2.75) is 6.54 Å². The Morgan fingerprint density at radius 2 is 1.69 bits per heavy atom. The van der Waals surface area contributed by atoms with Gasteiger partial charge in [-0.05, 0) is 35.9 Å². The standard InChI is InChI=1S/C25H24Cl2N4O4/c26-20-6-2-1-5-18(20)16-29-11-13-30(14-12-29)22-10-9-19(15-21(22)27)28-25(32)17-35-24-8-4-3-7-23(24)31(33)34/h1-10,15H,11-14,16-17H2,(H,28,32). The van der Waals surface area contributed by atoms with E-state index in [-0.39, 0.29) is 18.0 Å². The van der Waals surface area contributed by atoms with Gasteiger partial charge < -0.3 is 15.0 Å².